The second kappa shape index (κ2) is 4.97. The van der Waals surface area contributed by atoms with Crippen LogP contribution in [0, 0.1) is 5.92 Å². The predicted octanol–water partition coefficient (Wildman–Crippen LogP) is 2.03. The lowest BCUT2D eigenvalue weighted by atomic mass is 9.96. The molecule has 1 aromatic rings. The van der Waals surface area contributed by atoms with E-state index in [-0.39, 0.29) is 6.10 Å². The van der Waals surface area contributed by atoms with Crippen molar-refractivity contribution in [2.45, 2.75) is 32.8 Å². The molecule has 0 saturated carbocycles. The first-order valence-electron chi connectivity index (χ1n) is 4.81. The Bertz CT molecular complexity index is 235. The van der Waals surface area contributed by atoms with E-state index in [4.69, 9.17) is 0 Å². The number of rotatable bonds is 4. The molecule has 0 bridgehead atoms. The van der Waals surface area contributed by atoms with Crippen LogP contribution in [-0.2, 0) is 6.42 Å². The summed E-state index contributed by atoms with van der Waals surface area (Å²) < 4.78 is 0. The summed E-state index contributed by atoms with van der Waals surface area (Å²) >= 11 is 0. The minimum atomic E-state index is -0.229. The Hall–Kier alpha value is -0.890. The van der Waals surface area contributed by atoms with Crippen molar-refractivity contribution >= 4 is 0 Å². The van der Waals surface area contributed by atoms with Gasteiger partial charge in [-0.15, -0.1) is 0 Å². The first-order chi connectivity index (χ1) is 6.24. The molecule has 2 nitrogen and oxygen atoms in total. The molecule has 0 aromatic carbocycles. The number of hydrogen-bond acceptors (Lipinski definition) is 2. The Morgan fingerprint density at radius 1 is 1.38 bits per heavy atom. The highest BCUT2D eigenvalue weighted by Gasteiger charge is 2.12. The molecule has 0 saturated heterocycles. The van der Waals surface area contributed by atoms with Crippen LogP contribution in [0.3, 0.4) is 0 Å². The van der Waals surface area contributed by atoms with Gasteiger partial charge in [0, 0.05) is 12.4 Å². The van der Waals surface area contributed by atoms with E-state index in [1.54, 1.807) is 12.4 Å². The van der Waals surface area contributed by atoms with Crippen molar-refractivity contribution in [2.75, 3.05) is 0 Å². The van der Waals surface area contributed by atoms with E-state index in [1.165, 1.54) is 0 Å². The third-order valence-electron chi connectivity index (χ3n) is 2.49. The van der Waals surface area contributed by atoms with Gasteiger partial charge in [0.25, 0.3) is 0 Å². The number of pyridine rings is 1. The fraction of sp³-hybridized carbons (Fsp3) is 0.545. The largest absolute Gasteiger partial charge is 0.393 e. The third kappa shape index (κ3) is 3.15. The van der Waals surface area contributed by atoms with E-state index < -0.39 is 0 Å². The highest BCUT2D eigenvalue weighted by Crippen LogP contribution is 2.12. The number of aliphatic hydroxyl groups excluding tert-OH is 1. The standard InChI is InChI=1S/C11H17NO/c1-3-9(2)11(13)8-10-4-6-12-7-5-10/h4-7,9,11,13H,3,8H2,1-2H3. The van der Waals surface area contributed by atoms with Crippen molar-refractivity contribution in [1.29, 1.82) is 0 Å². The SMILES string of the molecule is CCC(C)C(O)Cc1ccncc1. The fourth-order valence-electron chi connectivity index (χ4n) is 1.23. The molecule has 1 rings (SSSR count). The molecular weight excluding hydrogens is 162 g/mol. The van der Waals surface area contributed by atoms with Crippen LogP contribution in [0.1, 0.15) is 25.8 Å². The van der Waals surface area contributed by atoms with Gasteiger partial charge in [-0.1, -0.05) is 20.3 Å². The van der Waals surface area contributed by atoms with Gasteiger partial charge in [0.1, 0.15) is 0 Å². The summed E-state index contributed by atoms with van der Waals surface area (Å²) in [6, 6.07) is 3.90. The monoisotopic (exact) mass is 179 g/mol. The smallest absolute Gasteiger partial charge is 0.0605 e. The normalized spacial score (nSPS) is 15.3. The van der Waals surface area contributed by atoms with Crippen LogP contribution >= 0.6 is 0 Å². The van der Waals surface area contributed by atoms with Gasteiger partial charge in [-0.05, 0) is 30.0 Å². The zero-order chi connectivity index (χ0) is 9.68. The Morgan fingerprint density at radius 3 is 2.54 bits per heavy atom. The van der Waals surface area contributed by atoms with Crippen LogP contribution in [0.25, 0.3) is 0 Å². The lowest BCUT2D eigenvalue weighted by molar-refractivity contribution is 0.115. The van der Waals surface area contributed by atoms with Gasteiger partial charge in [-0.2, -0.15) is 0 Å². The number of aromatic nitrogens is 1. The number of nitrogens with zero attached hydrogens (tertiary/aromatic N) is 1. The van der Waals surface area contributed by atoms with Crippen LogP contribution < -0.4 is 0 Å². The van der Waals surface area contributed by atoms with E-state index in [0.717, 1.165) is 18.4 Å². The highest BCUT2D eigenvalue weighted by atomic mass is 16.3. The quantitative estimate of drug-likeness (QED) is 0.767. The molecule has 0 spiro atoms. The fourth-order valence-corrected chi connectivity index (χ4v) is 1.23. The molecule has 13 heavy (non-hydrogen) atoms. The molecule has 0 aliphatic rings. The average molecular weight is 179 g/mol. The summed E-state index contributed by atoms with van der Waals surface area (Å²) in [5, 5.41) is 9.75. The van der Waals surface area contributed by atoms with Crippen LogP contribution in [-0.4, -0.2) is 16.2 Å². The minimum absolute atomic E-state index is 0.229. The average Bonchev–Trinajstić information content (AvgIpc) is 2.18. The van der Waals surface area contributed by atoms with Crippen LogP contribution in [0.4, 0.5) is 0 Å². The molecule has 1 N–H and O–H groups in total. The van der Waals surface area contributed by atoms with E-state index in [0.29, 0.717) is 5.92 Å². The van der Waals surface area contributed by atoms with Gasteiger partial charge in [0.05, 0.1) is 6.10 Å². The van der Waals surface area contributed by atoms with Gasteiger partial charge in [-0.3, -0.25) is 4.98 Å². The topological polar surface area (TPSA) is 33.1 Å². The van der Waals surface area contributed by atoms with Crippen LogP contribution in [0.2, 0.25) is 0 Å². The van der Waals surface area contributed by atoms with E-state index >= 15 is 0 Å². The van der Waals surface area contributed by atoms with E-state index in [1.807, 2.05) is 12.1 Å². The molecule has 0 fully saturated rings. The molecule has 1 aromatic heterocycles. The second-order valence-corrected chi connectivity index (χ2v) is 3.51. The predicted molar refractivity (Wildman–Crippen MR) is 53.4 cm³/mol. The maximum absolute atomic E-state index is 9.75. The molecule has 72 valence electrons. The van der Waals surface area contributed by atoms with Crippen LogP contribution in [0.5, 0.6) is 0 Å². The Balaban J connectivity index is 2.50. The van der Waals surface area contributed by atoms with Gasteiger partial charge < -0.3 is 5.11 Å². The molecule has 2 unspecified atom stereocenters. The molecule has 0 aliphatic heterocycles. The molecule has 0 radical (unpaired) electrons. The second-order valence-electron chi connectivity index (χ2n) is 3.51. The van der Waals surface area contributed by atoms with Crippen molar-refractivity contribution in [3.8, 4) is 0 Å². The van der Waals surface area contributed by atoms with Gasteiger partial charge in [-0.25, -0.2) is 0 Å². The first-order valence-corrected chi connectivity index (χ1v) is 4.81. The zero-order valence-electron chi connectivity index (χ0n) is 8.27. The van der Waals surface area contributed by atoms with E-state index in [9.17, 15) is 5.11 Å². The Kier molecular flexibility index (Phi) is 3.90. The molecular formula is C11H17NO. The Labute approximate surface area is 79.6 Å². The summed E-state index contributed by atoms with van der Waals surface area (Å²) in [6.07, 6.45) is 5.05. The maximum atomic E-state index is 9.75. The summed E-state index contributed by atoms with van der Waals surface area (Å²) in [4.78, 5) is 3.94. The van der Waals surface area contributed by atoms with Crippen molar-refractivity contribution in [1.82, 2.24) is 4.98 Å². The van der Waals surface area contributed by atoms with Gasteiger partial charge >= 0.3 is 0 Å². The van der Waals surface area contributed by atoms with Crippen molar-refractivity contribution < 1.29 is 5.11 Å². The molecule has 2 heteroatoms. The summed E-state index contributed by atoms with van der Waals surface area (Å²) in [5.41, 5.74) is 1.16. The van der Waals surface area contributed by atoms with Gasteiger partial charge in [0.2, 0.25) is 0 Å². The van der Waals surface area contributed by atoms with Crippen LogP contribution in [0.15, 0.2) is 24.5 Å². The summed E-state index contributed by atoms with van der Waals surface area (Å²) in [6.45, 7) is 4.17. The third-order valence-corrected chi connectivity index (χ3v) is 2.49. The van der Waals surface area contributed by atoms with Crippen molar-refractivity contribution in [3.63, 3.8) is 0 Å². The summed E-state index contributed by atoms with van der Waals surface area (Å²) in [7, 11) is 0. The van der Waals surface area contributed by atoms with Crippen molar-refractivity contribution in [2.24, 2.45) is 5.92 Å². The Morgan fingerprint density at radius 2 is 2.00 bits per heavy atom. The number of hydrogen-bond donors (Lipinski definition) is 1. The van der Waals surface area contributed by atoms with Crippen molar-refractivity contribution in [3.05, 3.63) is 30.1 Å². The first kappa shape index (κ1) is 10.2. The molecule has 0 amide bonds. The lowest BCUT2D eigenvalue weighted by Crippen LogP contribution is -2.19. The molecule has 2 atom stereocenters. The minimum Gasteiger partial charge on any atom is -0.393 e. The lowest BCUT2D eigenvalue weighted by Gasteiger charge is -2.16. The highest BCUT2D eigenvalue weighted by molar-refractivity contribution is 5.10. The summed E-state index contributed by atoms with van der Waals surface area (Å²) in [5.74, 6) is 0.369. The van der Waals surface area contributed by atoms with Gasteiger partial charge in [0.15, 0.2) is 0 Å². The molecule has 1 heterocycles. The number of aliphatic hydroxyl groups is 1. The zero-order valence-corrected chi connectivity index (χ0v) is 8.27. The maximum Gasteiger partial charge on any atom is 0.0605 e. The van der Waals surface area contributed by atoms with E-state index in [2.05, 4.69) is 18.8 Å². The molecule has 0 aliphatic carbocycles.